The Balaban J connectivity index is 1.37. The number of anilines is 1. The average Bonchev–Trinajstić information content (AvgIpc) is 3.06. The SMILES string of the molecule is C[C@@H]1CN([C@@H](C)CO)C(=O)c2cccc(NC(=O)Cc3cccc(C(F)(F)F)c3)c2O[C@@H]1CN(C)Cc1ccc(-c2ccccc2)cc1. The second-order valence-corrected chi connectivity index (χ2v) is 12.5. The van der Waals surface area contributed by atoms with Gasteiger partial charge in [0.1, 0.15) is 6.10 Å². The number of para-hydroxylation sites is 1. The van der Waals surface area contributed by atoms with E-state index in [0.717, 1.165) is 28.8 Å². The smallest absolute Gasteiger partial charge is 0.416 e. The molecule has 0 fully saturated rings. The summed E-state index contributed by atoms with van der Waals surface area (Å²) in [4.78, 5) is 30.7. The van der Waals surface area contributed by atoms with E-state index in [0.29, 0.717) is 19.6 Å². The molecule has 0 unspecified atom stereocenters. The number of carbonyl (C=O) groups is 2. The van der Waals surface area contributed by atoms with Crippen LogP contribution in [0.4, 0.5) is 18.9 Å². The van der Waals surface area contributed by atoms with Crippen LogP contribution in [0.3, 0.4) is 0 Å². The summed E-state index contributed by atoms with van der Waals surface area (Å²) in [5.74, 6) is -0.875. The van der Waals surface area contributed by atoms with E-state index in [4.69, 9.17) is 4.74 Å². The molecule has 252 valence electrons. The van der Waals surface area contributed by atoms with Gasteiger partial charge < -0.3 is 20.1 Å². The maximum Gasteiger partial charge on any atom is 0.416 e. The van der Waals surface area contributed by atoms with Gasteiger partial charge >= 0.3 is 6.18 Å². The number of ether oxygens (including phenoxy) is 1. The number of likely N-dealkylation sites (N-methyl/N-ethyl adjacent to an activating group) is 1. The van der Waals surface area contributed by atoms with Gasteiger partial charge in [-0.2, -0.15) is 13.2 Å². The number of carbonyl (C=O) groups excluding carboxylic acids is 2. The molecule has 0 spiro atoms. The molecule has 0 aliphatic carbocycles. The Hall–Kier alpha value is -4.67. The molecule has 4 aromatic rings. The van der Waals surface area contributed by atoms with Crippen molar-refractivity contribution in [2.45, 2.75) is 45.1 Å². The summed E-state index contributed by atoms with van der Waals surface area (Å²) in [5.41, 5.74) is 3.21. The fourth-order valence-corrected chi connectivity index (χ4v) is 5.91. The number of amides is 2. The van der Waals surface area contributed by atoms with Gasteiger partial charge in [0.25, 0.3) is 5.91 Å². The van der Waals surface area contributed by atoms with Crippen molar-refractivity contribution in [1.29, 1.82) is 0 Å². The summed E-state index contributed by atoms with van der Waals surface area (Å²) >= 11 is 0. The maximum absolute atomic E-state index is 13.8. The third-order valence-corrected chi connectivity index (χ3v) is 8.59. The molecule has 0 bridgehead atoms. The van der Waals surface area contributed by atoms with Crippen molar-refractivity contribution < 1.29 is 32.6 Å². The number of rotatable bonds is 10. The minimum atomic E-state index is -4.53. The van der Waals surface area contributed by atoms with Crippen LogP contribution >= 0.6 is 0 Å². The van der Waals surface area contributed by atoms with Crippen molar-refractivity contribution in [3.63, 3.8) is 0 Å². The van der Waals surface area contributed by atoms with Crippen LogP contribution in [0.5, 0.6) is 5.75 Å². The highest BCUT2D eigenvalue weighted by molar-refractivity contribution is 6.02. The molecule has 0 radical (unpaired) electrons. The molecule has 0 saturated heterocycles. The highest BCUT2D eigenvalue weighted by Crippen LogP contribution is 2.35. The predicted octanol–water partition coefficient (Wildman–Crippen LogP) is 6.91. The van der Waals surface area contributed by atoms with Crippen molar-refractivity contribution in [2.24, 2.45) is 5.92 Å². The molecule has 0 aromatic heterocycles. The van der Waals surface area contributed by atoms with E-state index in [1.54, 1.807) is 30.0 Å². The number of hydrogen-bond donors (Lipinski definition) is 2. The molecule has 4 aromatic carbocycles. The van der Waals surface area contributed by atoms with Crippen LogP contribution in [-0.2, 0) is 23.9 Å². The van der Waals surface area contributed by atoms with Crippen molar-refractivity contribution in [3.05, 3.63) is 119 Å². The summed E-state index contributed by atoms with van der Waals surface area (Å²) in [6.07, 6.45) is -5.25. The minimum absolute atomic E-state index is 0.159. The second-order valence-electron chi connectivity index (χ2n) is 12.5. The zero-order valence-electron chi connectivity index (χ0n) is 27.2. The highest BCUT2D eigenvalue weighted by atomic mass is 19.4. The third-order valence-electron chi connectivity index (χ3n) is 8.59. The van der Waals surface area contributed by atoms with Gasteiger partial charge in [0.15, 0.2) is 5.75 Å². The highest BCUT2D eigenvalue weighted by Gasteiger charge is 2.35. The number of hydrogen-bond acceptors (Lipinski definition) is 5. The molecule has 5 rings (SSSR count). The van der Waals surface area contributed by atoms with Crippen LogP contribution in [0.15, 0.2) is 97.1 Å². The fourth-order valence-electron chi connectivity index (χ4n) is 5.91. The Bertz CT molecular complexity index is 1710. The lowest BCUT2D eigenvalue weighted by Crippen LogP contribution is -2.49. The van der Waals surface area contributed by atoms with Crippen LogP contribution in [0.1, 0.15) is 40.9 Å². The van der Waals surface area contributed by atoms with Crippen LogP contribution in [0.2, 0.25) is 0 Å². The number of halogens is 3. The molecular formula is C38H40F3N3O4. The van der Waals surface area contributed by atoms with E-state index < -0.39 is 29.8 Å². The Labute approximate surface area is 279 Å². The van der Waals surface area contributed by atoms with Gasteiger partial charge in [0.05, 0.1) is 35.9 Å². The lowest BCUT2D eigenvalue weighted by atomic mass is 9.98. The molecule has 10 heteroatoms. The molecule has 7 nitrogen and oxygen atoms in total. The van der Waals surface area contributed by atoms with Crippen LogP contribution in [0.25, 0.3) is 11.1 Å². The van der Waals surface area contributed by atoms with Crippen molar-refractivity contribution in [2.75, 3.05) is 32.1 Å². The molecule has 1 aliphatic rings. The van der Waals surface area contributed by atoms with Gasteiger partial charge in [-0.1, -0.05) is 85.8 Å². The molecular weight excluding hydrogens is 619 g/mol. The minimum Gasteiger partial charge on any atom is -0.486 e. The van der Waals surface area contributed by atoms with Gasteiger partial charge in [-0.3, -0.25) is 14.5 Å². The standard InChI is InChI=1S/C38H40F3N3O4/c1-25-21-44(26(2)24-45)37(47)32-13-8-14-33(42-35(46)20-28-9-7-12-31(19-28)38(39,40)41)36(32)48-34(25)23-43(3)22-27-15-17-30(18-16-27)29-10-5-4-6-11-29/h4-19,25-26,34,45H,20-24H2,1-3H3,(H,42,46)/t25-,26+,34-/m1/s1. The first-order valence-corrected chi connectivity index (χ1v) is 15.9. The normalized spacial score (nSPS) is 17.2. The van der Waals surface area contributed by atoms with E-state index in [1.165, 1.54) is 12.1 Å². The number of fused-ring (bicyclic) bond motifs is 1. The lowest BCUT2D eigenvalue weighted by molar-refractivity contribution is -0.137. The third kappa shape index (κ3) is 8.42. The van der Waals surface area contributed by atoms with Crippen LogP contribution < -0.4 is 10.1 Å². The van der Waals surface area contributed by atoms with Gasteiger partial charge in [-0.25, -0.2) is 0 Å². The Morgan fingerprint density at radius 3 is 2.35 bits per heavy atom. The first kappa shape index (κ1) is 34.7. The van der Waals surface area contributed by atoms with Crippen molar-refractivity contribution >= 4 is 17.5 Å². The summed E-state index contributed by atoms with van der Waals surface area (Å²) in [7, 11) is 1.99. The zero-order chi connectivity index (χ0) is 34.4. The summed E-state index contributed by atoms with van der Waals surface area (Å²) in [6.45, 7) is 5.00. The quantitative estimate of drug-likeness (QED) is 0.194. The van der Waals surface area contributed by atoms with Crippen molar-refractivity contribution in [1.82, 2.24) is 9.80 Å². The molecule has 0 saturated carbocycles. The van der Waals surface area contributed by atoms with E-state index >= 15 is 0 Å². The van der Waals surface area contributed by atoms with Gasteiger partial charge in [0, 0.05) is 25.6 Å². The summed E-state index contributed by atoms with van der Waals surface area (Å²) in [6, 6.07) is 27.5. The fraction of sp³-hybridized carbons (Fsp3) is 0.316. The summed E-state index contributed by atoms with van der Waals surface area (Å²) in [5, 5.41) is 12.8. The molecule has 2 N–H and O–H groups in total. The van der Waals surface area contributed by atoms with E-state index in [1.807, 2.05) is 32.2 Å². The largest absolute Gasteiger partial charge is 0.486 e. The molecule has 1 aliphatic heterocycles. The second kappa shape index (κ2) is 15.0. The first-order valence-electron chi connectivity index (χ1n) is 15.9. The average molecular weight is 660 g/mol. The predicted molar refractivity (Wildman–Crippen MR) is 180 cm³/mol. The number of alkyl halides is 3. The number of aliphatic hydroxyl groups is 1. The Morgan fingerprint density at radius 2 is 1.67 bits per heavy atom. The number of benzene rings is 4. The van der Waals surface area contributed by atoms with E-state index in [9.17, 15) is 27.9 Å². The van der Waals surface area contributed by atoms with Crippen LogP contribution in [-0.4, -0.2) is 65.6 Å². The number of nitrogens with one attached hydrogen (secondary N) is 1. The summed E-state index contributed by atoms with van der Waals surface area (Å²) < 4.78 is 46.4. The van der Waals surface area contributed by atoms with Crippen molar-refractivity contribution in [3.8, 4) is 16.9 Å². The first-order chi connectivity index (χ1) is 22.9. The Kier molecular flexibility index (Phi) is 10.9. The van der Waals surface area contributed by atoms with Gasteiger partial charge in [0.2, 0.25) is 5.91 Å². The van der Waals surface area contributed by atoms with Gasteiger partial charge in [-0.15, -0.1) is 0 Å². The maximum atomic E-state index is 13.8. The topological polar surface area (TPSA) is 82.1 Å². The van der Waals surface area contributed by atoms with Crippen LogP contribution in [0, 0.1) is 5.92 Å². The molecule has 2 amide bonds. The number of aliphatic hydroxyl groups excluding tert-OH is 1. The monoisotopic (exact) mass is 659 g/mol. The van der Waals surface area contributed by atoms with E-state index in [-0.39, 0.29) is 47.4 Å². The molecule has 48 heavy (non-hydrogen) atoms. The van der Waals surface area contributed by atoms with Gasteiger partial charge in [-0.05, 0) is 54.4 Å². The Morgan fingerprint density at radius 1 is 0.979 bits per heavy atom. The number of nitrogens with zero attached hydrogens (tertiary/aromatic N) is 2. The lowest BCUT2D eigenvalue weighted by Gasteiger charge is -2.38. The zero-order valence-corrected chi connectivity index (χ0v) is 27.2. The molecule has 1 heterocycles. The van der Waals surface area contributed by atoms with E-state index in [2.05, 4.69) is 46.6 Å². The molecule has 3 atom stereocenters.